The molecule has 1 saturated heterocycles. The number of aromatic nitrogens is 4. The number of ether oxygens (including phenoxy) is 1. The molecular weight excluding hydrogens is 398 g/mol. The zero-order valence-corrected chi connectivity index (χ0v) is 17.0. The van der Waals surface area contributed by atoms with Crippen LogP contribution in [0.2, 0.25) is 0 Å². The van der Waals surface area contributed by atoms with Gasteiger partial charge in [0.15, 0.2) is 11.6 Å². The van der Waals surface area contributed by atoms with Gasteiger partial charge in [0, 0.05) is 37.9 Å². The molecule has 5 rings (SSSR count). The SMILES string of the molecule is COc1ccc(C(=O)N2CCn3c(nnc3-c3ccccn3)C2)cc1N1CCNC1=O. The Labute approximate surface area is 178 Å². The van der Waals surface area contributed by atoms with Crippen molar-refractivity contribution in [3.63, 3.8) is 0 Å². The summed E-state index contributed by atoms with van der Waals surface area (Å²) in [5.41, 5.74) is 1.83. The number of methoxy groups -OCH3 is 1. The predicted octanol–water partition coefficient (Wildman–Crippen LogP) is 1.53. The minimum absolute atomic E-state index is 0.128. The van der Waals surface area contributed by atoms with Crippen LogP contribution in [0.3, 0.4) is 0 Å². The van der Waals surface area contributed by atoms with Crippen LogP contribution in [0.15, 0.2) is 42.6 Å². The lowest BCUT2D eigenvalue weighted by Crippen LogP contribution is -2.38. The fourth-order valence-electron chi connectivity index (χ4n) is 3.93. The highest BCUT2D eigenvalue weighted by Crippen LogP contribution is 2.31. The van der Waals surface area contributed by atoms with E-state index in [1.54, 1.807) is 41.3 Å². The van der Waals surface area contributed by atoms with E-state index < -0.39 is 0 Å². The number of urea groups is 1. The minimum Gasteiger partial charge on any atom is -0.495 e. The molecule has 0 spiro atoms. The maximum atomic E-state index is 13.2. The molecule has 3 amide bonds. The third kappa shape index (κ3) is 3.35. The highest BCUT2D eigenvalue weighted by molar-refractivity contribution is 6.00. The first kappa shape index (κ1) is 19.0. The molecule has 4 heterocycles. The first-order valence-electron chi connectivity index (χ1n) is 10.0. The van der Waals surface area contributed by atoms with E-state index in [1.807, 2.05) is 22.8 Å². The van der Waals surface area contributed by atoms with E-state index >= 15 is 0 Å². The summed E-state index contributed by atoms with van der Waals surface area (Å²) in [4.78, 5) is 33.0. The molecule has 1 aromatic carbocycles. The Kier molecular flexibility index (Phi) is 4.73. The maximum absolute atomic E-state index is 13.2. The molecule has 0 saturated carbocycles. The van der Waals surface area contributed by atoms with E-state index in [4.69, 9.17) is 4.74 Å². The summed E-state index contributed by atoms with van der Waals surface area (Å²) < 4.78 is 7.40. The second kappa shape index (κ2) is 7.71. The van der Waals surface area contributed by atoms with E-state index in [-0.39, 0.29) is 11.9 Å². The number of benzene rings is 1. The van der Waals surface area contributed by atoms with Crippen molar-refractivity contribution >= 4 is 17.6 Å². The van der Waals surface area contributed by atoms with Crippen molar-refractivity contribution in [2.75, 3.05) is 31.6 Å². The normalized spacial score (nSPS) is 15.6. The Balaban J connectivity index is 1.40. The van der Waals surface area contributed by atoms with Crippen molar-refractivity contribution in [1.82, 2.24) is 30.0 Å². The van der Waals surface area contributed by atoms with Crippen molar-refractivity contribution in [3.05, 3.63) is 54.0 Å². The van der Waals surface area contributed by atoms with Gasteiger partial charge in [-0.1, -0.05) is 6.07 Å². The molecule has 0 atom stereocenters. The number of hydrogen-bond acceptors (Lipinski definition) is 6. The molecule has 3 aromatic rings. The van der Waals surface area contributed by atoms with Gasteiger partial charge in [0.05, 0.1) is 19.3 Å². The molecule has 0 bridgehead atoms. The molecule has 0 unspecified atom stereocenters. The number of rotatable bonds is 4. The molecular formula is C21H21N7O3. The van der Waals surface area contributed by atoms with Crippen molar-refractivity contribution < 1.29 is 14.3 Å². The predicted molar refractivity (Wildman–Crippen MR) is 112 cm³/mol. The van der Waals surface area contributed by atoms with Crippen LogP contribution in [0.4, 0.5) is 10.5 Å². The zero-order chi connectivity index (χ0) is 21.4. The van der Waals surface area contributed by atoms with E-state index in [9.17, 15) is 9.59 Å². The number of carbonyl (C=O) groups excluding carboxylic acids is 2. The summed E-state index contributed by atoms with van der Waals surface area (Å²) in [7, 11) is 1.55. The molecule has 1 N–H and O–H groups in total. The van der Waals surface area contributed by atoms with Gasteiger partial charge in [-0.05, 0) is 30.3 Å². The molecule has 2 aliphatic heterocycles. The number of nitrogens with one attached hydrogen (secondary N) is 1. The smallest absolute Gasteiger partial charge is 0.322 e. The number of hydrogen-bond donors (Lipinski definition) is 1. The largest absolute Gasteiger partial charge is 0.495 e. The first-order valence-corrected chi connectivity index (χ1v) is 10.0. The van der Waals surface area contributed by atoms with Crippen molar-refractivity contribution in [1.29, 1.82) is 0 Å². The molecule has 2 aliphatic rings. The fourth-order valence-corrected chi connectivity index (χ4v) is 3.93. The standard InChI is InChI=1S/C21H21N7O3/c1-31-17-6-5-14(12-16(17)27-9-8-23-21(27)30)20(29)26-10-11-28-18(13-26)24-25-19(28)15-4-2-3-7-22-15/h2-7,12H,8-11,13H2,1H3,(H,23,30). The number of anilines is 1. The Morgan fingerprint density at radius 1 is 1.13 bits per heavy atom. The third-order valence-corrected chi connectivity index (χ3v) is 5.51. The highest BCUT2D eigenvalue weighted by Gasteiger charge is 2.29. The molecule has 0 aliphatic carbocycles. The van der Waals surface area contributed by atoms with Crippen LogP contribution in [0.25, 0.3) is 11.5 Å². The molecule has 1 fully saturated rings. The van der Waals surface area contributed by atoms with Crippen molar-refractivity contribution in [2.45, 2.75) is 13.1 Å². The Morgan fingerprint density at radius 3 is 2.77 bits per heavy atom. The summed E-state index contributed by atoms with van der Waals surface area (Å²) in [5.74, 6) is 1.84. The average Bonchev–Trinajstić information content (AvgIpc) is 3.44. The number of carbonyl (C=O) groups is 2. The van der Waals surface area contributed by atoms with Gasteiger partial charge in [-0.25, -0.2) is 4.79 Å². The number of pyridine rings is 1. The van der Waals surface area contributed by atoms with Crippen LogP contribution in [0.1, 0.15) is 16.2 Å². The van der Waals surface area contributed by atoms with Gasteiger partial charge >= 0.3 is 6.03 Å². The van der Waals surface area contributed by atoms with Crippen LogP contribution in [-0.4, -0.2) is 63.3 Å². The van der Waals surface area contributed by atoms with Crippen LogP contribution < -0.4 is 15.0 Å². The Bertz CT molecular complexity index is 1150. The minimum atomic E-state index is -0.198. The van der Waals surface area contributed by atoms with Crippen molar-refractivity contribution in [3.8, 4) is 17.3 Å². The Hall–Kier alpha value is -3.95. The quantitative estimate of drug-likeness (QED) is 0.688. The number of fused-ring (bicyclic) bond motifs is 1. The topological polar surface area (TPSA) is 105 Å². The number of nitrogens with zero attached hydrogens (tertiary/aromatic N) is 6. The summed E-state index contributed by atoms with van der Waals surface area (Å²) in [6, 6.07) is 10.6. The van der Waals surface area contributed by atoms with Gasteiger partial charge in [0.2, 0.25) is 0 Å². The van der Waals surface area contributed by atoms with Gasteiger partial charge in [-0.15, -0.1) is 10.2 Å². The molecule has 158 valence electrons. The van der Waals surface area contributed by atoms with Crippen LogP contribution in [0.5, 0.6) is 5.75 Å². The summed E-state index contributed by atoms with van der Waals surface area (Å²) in [6.07, 6.45) is 1.72. The lowest BCUT2D eigenvalue weighted by Gasteiger charge is -2.28. The average molecular weight is 419 g/mol. The van der Waals surface area contributed by atoms with Gasteiger partial charge in [0.1, 0.15) is 11.4 Å². The third-order valence-electron chi connectivity index (χ3n) is 5.51. The molecule has 10 nitrogen and oxygen atoms in total. The van der Waals surface area contributed by atoms with Gasteiger partial charge < -0.3 is 19.5 Å². The molecule has 31 heavy (non-hydrogen) atoms. The first-order chi connectivity index (χ1) is 15.2. The van der Waals surface area contributed by atoms with Crippen LogP contribution in [0, 0.1) is 0 Å². The lowest BCUT2D eigenvalue weighted by atomic mass is 10.1. The fraction of sp³-hybridized carbons (Fsp3) is 0.286. The molecule has 10 heteroatoms. The van der Waals surface area contributed by atoms with Crippen molar-refractivity contribution in [2.24, 2.45) is 0 Å². The molecule has 2 aromatic heterocycles. The number of amides is 3. The summed E-state index contributed by atoms with van der Waals surface area (Å²) in [5, 5.41) is 11.3. The Morgan fingerprint density at radius 2 is 2.03 bits per heavy atom. The summed E-state index contributed by atoms with van der Waals surface area (Å²) in [6.45, 7) is 2.54. The van der Waals surface area contributed by atoms with Gasteiger partial charge in [0.25, 0.3) is 5.91 Å². The second-order valence-corrected chi connectivity index (χ2v) is 7.30. The highest BCUT2D eigenvalue weighted by atomic mass is 16.5. The van der Waals surface area contributed by atoms with E-state index in [2.05, 4.69) is 20.5 Å². The van der Waals surface area contributed by atoms with E-state index in [0.29, 0.717) is 61.4 Å². The molecule has 0 radical (unpaired) electrons. The van der Waals surface area contributed by atoms with Gasteiger partial charge in [-0.2, -0.15) is 0 Å². The second-order valence-electron chi connectivity index (χ2n) is 7.30. The van der Waals surface area contributed by atoms with E-state index in [0.717, 1.165) is 5.69 Å². The van der Waals surface area contributed by atoms with E-state index in [1.165, 1.54) is 0 Å². The van der Waals surface area contributed by atoms with Crippen LogP contribution >= 0.6 is 0 Å². The van der Waals surface area contributed by atoms with Gasteiger partial charge in [-0.3, -0.25) is 14.7 Å². The lowest BCUT2D eigenvalue weighted by molar-refractivity contribution is 0.0708. The monoisotopic (exact) mass is 419 g/mol. The maximum Gasteiger partial charge on any atom is 0.322 e. The zero-order valence-electron chi connectivity index (χ0n) is 17.0. The summed E-state index contributed by atoms with van der Waals surface area (Å²) >= 11 is 0. The van der Waals surface area contributed by atoms with Crippen LogP contribution in [-0.2, 0) is 13.1 Å².